The summed E-state index contributed by atoms with van der Waals surface area (Å²) in [5.41, 5.74) is 5.49. The SMILES string of the molecule is [Pt].[Zn].c1ccc(-c2ccccn2)nc1.c1ccc(-c2ccccn2)nc1.c1ccc(-c2ccccn2)nc1. The molecular weight excluding hydrogens is 705 g/mol. The Balaban J connectivity index is 0.000000195. The summed E-state index contributed by atoms with van der Waals surface area (Å²) in [6.45, 7) is 0. The second kappa shape index (κ2) is 17.6. The van der Waals surface area contributed by atoms with Crippen LogP contribution in [0.15, 0.2) is 146 Å². The molecule has 0 bridgehead atoms. The molecular formula is C30H24N6PtZn. The van der Waals surface area contributed by atoms with Crippen LogP contribution in [-0.4, -0.2) is 29.9 Å². The largest absolute Gasteiger partial charge is 0.255 e. The monoisotopic (exact) mass is 727 g/mol. The average molecular weight is 729 g/mol. The Bertz CT molecular complexity index is 1110. The van der Waals surface area contributed by atoms with Gasteiger partial charge in [-0.25, -0.2) is 0 Å². The molecule has 0 aliphatic heterocycles. The van der Waals surface area contributed by atoms with Gasteiger partial charge in [0.2, 0.25) is 0 Å². The van der Waals surface area contributed by atoms with Crippen LogP contribution in [0.4, 0.5) is 0 Å². The van der Waals surface area contributed by atoms with E-state index in [1.807, 2.05) is 109 Å². The van der Waals surface area contributed by atoms with Crippen LogP contribution in [0.2, 0.25) is 0 Å². The van der Waals surface area contributed by atoms with Gasteiger partial charge in [0.15, 0.2) is 0 Å². The molecule has 0 aromatic carbocycles. The van der Waals surface area contributed by atoms with Crippen molar-refractivity contribution in [3.05, 3.63) is 146 Å². The summed E-state index contributed by atoms with van der Waals surface area (Å²) in [6, 6.07) is 34.8. The molecule has 38 heavy (non-hydrogen) atoms. The molecule has 0 radical (unpaired) electrons. The first-order chi connectivity index (χ1) is 17.9. The predicted octanol–water partition coefficient (Wildman–Crippen LogP) is 6.43. The van der Waals surface area contributed by atoms with Gasteiger partial charge in [-0.05, 0) is 72.8 Å². The van der Waals surface area contributed by atoms with E-state index in [1.165, 1.54) is 0 Å². The minimum Gasteiger partial charge on any atom is -0.255 e. The van der Waals surface area contributed by atoms with Crippen LogP contribution in [0.5, 0.6) is 0 Å². The number of hydrogen-bond donors (Lipinski definition) is 0. The molecule has 186 valence electrons. The normalized spacial score (nSPS) is 9.16. The van der Waals surface area contributed by atoms with E-state index in [-0.39, 0.29) is 40.5 Å². The van der Waals surface area contributed by atoms with Crippen LogP contribution in [0.1, 0.15) is 0 Å². The van der Waals surface area contributed by atoms with E-state index in [4.69, 9.17) is 0 Å². The van der Waals surface area contributed by atoms with Crippen molar-refractivity contribution in [1.29, 1.82) is 0 Å². The van der Waals surface area contributed by atoms with Gasteiger partial charge >= 0.3 is 0 Å². The zero-order chi connectivity index (χ0) is 24.7. The molecule has 0 saturated carbocycles. The first-order valence-corrected chi connectivity index (χ1v) is 11.4. The standard InChI is InChI=1S/3C10H8N2.Pt.Zn/c3*1-3-7-11-9(5-1)10-6-2-4-8-12-10;;/h3*1-8H;;. The molecule has 0 amide bonds. The summed E-state index contributed by atoms with van der Waals surface area (Å²) < 4.78 is 0. The van der Waals surface area contributed by atoms with E-state index in [9.17, 15) is 0 Å². The molecule has 8 heteroatoms. The molecule has 0 aliphatic rings. The predicted molar refractivity (Wildman–Crippen MR) is 142 cm³/mol. The van der Waals surface area contributed by atoms with E-state index >= 15 is 0 Å². The van der Waals surface area contributed by atoms with Crippen molar-refractivity contribution >= 4 is 0 Å². The summed E-state index contributed by atoms with van der Waals surface area (Å²) in [5, 5.41) is 0. The van der Waals surface area contributed by atoms with Gasteiger partial charge in [-0.1, -0.05) is 36.4 Å². The van der Waals surface area contributed by atoms with Crippen molar-refractivity contribution in [2.45, 2.75) is 0 Å². The average Bonchev–Trinajstić information content (AvgIpc) is 3.01. The molecule has 6 nitrogen and oxygen atoms in total. The van der Waals surface area contributed by atoms with Crippen LogP contribution in [-0.2, 0) is 40.5 Å². The van der Waals surface area contributed by atoms with E-state index in [0.717, 1.165) is 34.2 Å². The van der Waals surface area contributed by atoms with Crippen LogP contribution < -0.4 is 0 Å². The first-order valence-electron chi connectivity index (χ1n) is 11.4. The Hall–Kier alpha value is -3.79. The Labute approximate surface area is 249 Å². The number of aromatic nitrogens is 6. The van der Waals surface area contributed by atoms with Gasteiger partial charge in [0.05, 0.1) is 34.2 Å². The third-order valence-electron chi connectivity index (χ3n) is 4.78. The van der Waals surface area contributed by atoms with Crippen LogP contribution in [0, 0.1) is 0 Å². The minimum absolute atomic E-state index is 0. The van der Waals surface area contributed by atoms with E-state index < -0.39 is 0 Å². The van der Waals surface area contributed by atoms with Crippen LogP contribution in [0.3, 0.4) is 0 Å². The van der Waals surface area contributed by atoms with Crippen molar-refractivity contribution in [1.82, 2.24) is 29.9 Å². The topological polar surface area (TPSA) is 77.3 Å². The molecule has 0 aliphatic carbocycles. The molecule has 0 atom stereocenters. The Morgan fingerprint density at radius 2 is 0.421 bits per heavy atom. The Morgan fingerprint density at radius 3 is 0.526 bits per heavy atom. The molecule has 6 heterocycles. The fourth-order valence-electron chi connectivity index (χ4n) is 3.09. The molecule has 0 spiro atoms. The third-order valence-corrected chi connectivity index (χ3v) is 4.78. The third kappa shape index (κ3) is 9.93. The van der Waals surface area contributed by atoms with E-state index in [0.29, 0.717) is 0 Å². The van der Waals surface area contributed by atoms with Crippen molar-refractivity contribution < 1.29 is 40.5 Å². The van der Waals surface area contributed by atoms with E-state index in [2.05, 4.69) is 29.9 Å². The molecule has 6 aromatic rings. The second-order valence-electron chi connectivity index (χ2n) is 7.29. The molecule has 0 fully saturated rings. The minimum atomic E-state index is 0. The van der Waals surface area contributed by atoms with Crippen LogP contribution in [0.25, 0.3) is 34.2 Å². The molecule has 0 saturated heterocycles. The fourth-order valence-corrected chi connectivity index (χ4v) is 3.09. The summed E-state index contributed by atoms with van der Waals surface area (Å²) in [4.78, 5) is 25.1. The number of nitrogens with zero attached hydrogens (tertiary/aromatic N) is 6. The Morgan fingerprint density at radius 1 is 0.263 bits per heavy atom. The van der Waals surface area contributed by atoms with Crippen LogP contribution >= 0.6 is 0 Å². The van der Waals surface area contributed by atoms with Gasteiger partial charge in [0.25, 0.3) is 0 Å². The fraction of sp³-hybridized carbons (Fsp3) is 0. The van der Waals surface area contributed by atoms with Crippen molar-refractivity contribution in [2.75, 3.05) is 0 Å². The first kappa shape index (κ1) is 30.4. The summed E-state index contributed by atoms with van der Waals surface area (Å²) in [5.74, 6) is 0. The van der Waals surface area contributed by atoms with Gasteiger partial charge in [0, 0.05) is 77.7 Å². The van der Waals surface area contributed by atoms with Gasteiger partial charge in [-0.15, -0.1) is 0 Å². The van der Waals surface area contributed by atoms with Crippen molar-refractivity contribution in [3.63, 3.8) is 0 Å². The van der Waals surface area contributed by atoms with Gasteiger partial charge < -0.3 is 0 Å². The zero-order valence-corrected chi connectivity index (χ0v) is 25.8. The molecule has 6 aromatic heterocycles. The number of pyridine rings is 6. The quantitative estimate of drug-likeness (QED) is 0.196. The van der Waals surface area contributed by atoms with Gasteiger partial charge in [0.1, 0.15) is 0 Å². The second-order valence-corrected chi connectivity index (χ2v) is 7.29. The zero-order valence-electron chi connectivity index (χ0n) is 20.6. The summed E-state index contributed by atoms with van der Waals surface area (Å²) >= 11 is 0. The number of rotatable bonds is 3. The maximum absolute atomic E-state index is 4.19. The Kier molecular flexibility index (Phi) is 14.1. The molecule has 0 N–H and O–H groups in total. The smallest absolute Gasteiger partial charge is 0.0886 e. The summed E-state index contributed by atoms with van der Waals surface area (Å²) in [6.07, 6.45) is 10.6. The van der Waals surface area contributed by atoms with Crippen molar-refractivity contribution in [3.8, 4) is 34.2 Å². The van der Waals surface area contributed by atoms with E-state index in [1.54, 1.807) is 37.2 Å². The molecule has 6 rings (SSSR count). The van der Waals surface area contributed by atoms with Gasteiger partial charge in [-0.3, -0.25) is 29.9 Å². The summed E-state index contributed by atoms with van der Waals surface area (Å²) in [7, 11) is 0. The van der Waals surface area contributed by atoms with Crippen molar-refractivity contribution in [2.24, 2.45) is 0 Å². The molecule has 0 unspecified atom stereocenters. The van der Waals surface area contributed by atoms with Gasteiger partial charge in [-0.2, -0.15) is 0 Å². The maximum atomic E-state index is 4.19. The maximum Gasteiger partial charge on any atom is 0.0886 e. The number of hydrogen-bond acceptors (Lipinski definition) is 6.